The molecule has 0 N–H and O–H groups in total. The van der Waals surface area contributed by atoms with Crippen molar-refractivity contribution in [1.82, 2.24) is 9.78 Å². The van der Waals surface area contributed by atoms with Gasteiger partial charge in [-0.25, -0.2) is 4.68 Å². The molecule has 1 aromatic carbocycles. The molecule has 0 aliphatic rings. The number of alkyl halides is 1. The van der Waals surface area contributed by atoms with Gasteiger partial charge < -0.3 is 4.42 Å². The monoisotopic (exact) mass is 316 g/mol. The van der Waals surface area contributed by atoms with Crippen LogP contribution in [0.15, 0.2) is 59.5 Å². The van der Waals surface area contributed by atoms with Gasteiger partial charge in [0.1, 0.15) is 5.76 Å². The average molecular weight is 317 g/mol. The van der Waals surface area contributed by atoms with E-state index in [0.29, 0.717) is 0 Å². The number of furan rings is 1. The minimum absolute atomic E-state index is 0.0995. The van der Waals surface area contributed by atoms with Crippen molar-refractivity contribution in [3.63, 3.8) is 0 Å². The highest BCUT2D eigenvalue weighted by molar-refractivity contribution is 9.09. The Kier molecular flexibility index (Phi) is 3.25. The number of halogens is 1. The van der Waals surface area contributed by atoms with Gasteiger partial charge >= 0.3 is 0 Å². The molecular formula is C15H13BrN2O. The maximum absolute atomic E-state index is 5.34. The number of benzene rings is 1. The summed E-state index contributed by atoms with van der Waals surface area (Å²) in [7, 11) is 0. The summed E-state index contributed by atoms with van der Waals surface area (Å²) in [5.74, 6) is 0.912. The maximum Gasteiger partial charge on any atom is 0.101 e. The molecule has 1 unspecified atom stereocenters. The first-order chi connectivity index (χ1) is 9.24. The molecule has 0 radical (unpaired) electrons. The van der Waals surface area contributed by atoms with E-state index < -0.39 is 0 Å². The third-order valence-electron chi connectivity index (χ3n) is 2.96. The third kappa shape index (κ3) is 2.49. The van der Waals surface area contributed by atoms with Crippen molar-refractivity contribution in [1.29, 1.82) is 0 Å². The smallest absolute Gasteiger partial charge is 0.101 e. The van der Waals surface area contributed by atoms with E-state index in [1.807, 2.05) is 60.4 Å². The molecule has 0 saturated carbocycles. The molecular weight excluding hydrogens is 304 g/mol. The Labute approximate surface area is 120 Å². The summed E-state index contributed by atoms with van der Waals surface area (Å²) in [5, 5.41) is 4.40. The lowest BCUT2D eigenvalue weighted by Crippen LogP contribution is -1.93. The van der Waals surface area contributed by atoms with Gasteiger partial charge in [-0.2, -0.15) is 5.10 Å². The van der Waals surface area contributed by atoms with Gasteiger partial charge in [-0.15, -0.1) is 0 Å². The number of hydrogen-bond acceptors (Lipinski definition) is 2. The summed E-state index contributed by atoms with van der Waals surface area (Å²) in [6.45, 7) is 1.94. The van der Waals surface area contributed by atoms with Crippen molar-refractivity contribution in [3.8, 4) is 5.69 Å². The lowest BCUT2D eigenvalue weighted by atomic mass is 10.1. The number of nitrogens with zero attached hydrogens (tertiary/aromatic N) is 2. The van der Waals surface area contributed by atoms with Crippen LogP contribution in [0.1, 0.15) is 21.7 Å². The van der Waals surface area contributed by atoms with Gasteiger partial charge in [0, 0.05) is 17.3 Å². The summed E-state index contributed by atoms with van der Waals surface area (Å²) in [5.41, 5.74) is 3.26. The lowest BCUT2D eigenvalue weighted by Gasteiger charge is -2.03. The molecule has 2 aromatic heterocycles. The average Bonchev–Trinajstić information content (AvgIpc) is 3.08. The van der Waals surface area contributed by atoms with Crippen LogP contribution in [0, 0.1) is 6.92 Å². The zero-order chi connectivity index (χ0) is 13.2. The zero-order valence-corrected chi connectivity index (χ0v) is 12.0. The highest BCUT2D eigenvalue weighted by Gasteiger charge is 2.14. The van der Waals surface area contributed by atoms with Crippen molar-refractivity contribution in [2.45, 2.75) is 11.8 Å². The van der Waals surface area contributed by atoms with Crippen molar-refractivity contribution >= 4 is 15.9 Å². The van der Waals surface area contributed by atoms with Crippen LogP contribution in [0.25, 0.3) is 5.69 Å². The highest BCUT2D eigenvalue weighted by Crippen LogP contribution is 2.31. The molecule has 96 valence electrons. The van der Waals surface area contributed by atoms with Crippen molar-refractivity contribution in [2.75, 3.05) is 0 Å². The predicted octanol–water partition coefficient (Wildman–Crippen LogP) is 4.26. The van der Waals surface area contributed by atoms with E-state index in [2.05, 4.69) is 21.0 Å². The first-order valence-corrected chi connectivity index (χ1v) is 6.95. The van der Waals surface area contributed by atoms with Crippen LogP contribution in [-0.2, 0) is 0 Å². The van der Waals surface area contributed by atoms with Crippen LogP contribution in [0.3, 0.4) is 0 Å². The Balaban J connectivity index is 1.89. The molecule has 0 aliphatic heterocycles. The molecule has 0 fully saturated rings. The SMILES string of the molecule is Cc1cc(C(Br)c2cnn(-c3ccccc3)c2)co1. The van der Waals surface area contributed by atoms with E-state index in [9.17, 15) is 0 Å². The minimum atomic E-state index is 0.0995. The fraction of sp³-hybridized carbons (Fsp3) is 0.133. The normalized spacial score (nSPS) is 12.5. The molecule has 3 nitrogen and oxygen atoms in total. The van der Waals surface area contributed by atoms with Gasteiger partial charge in [0.05, 0.1) is 23.0 Å². The molecule has 4 heteroatoms. The molecule has 19 heavy (non-hydrogen) atoms. The summed E-state index contributed by atoms with van der Waals surface area (Å²) >= 11 is 3.68. The third-order valence-corrected chi connectivity index (χ3v) is 4.02. The van der Waals surface area contributed by atoms with E-state index >= 15 is 0 Å². The van der Waals surface area contributed by atoms with Crippen LogP contribution >= 0.6 is 15.9 Å². The molecule has 0 aliphatic carbocycles. The van der Waals surface area contributed by atoms with Gasteiger partial charge in [0.15, 0.2) is 0 Å². The largest absolute Gasteiger partial charge is 0.469 e. The maximum atomic E-state index is 5.34. The Bertz CT molecular complexity index is 672. The molecule has 0 bridgehead atoms. The Morgan fingerprint density at radius 3 is 2.68 bits per heavy atom. The van der Waals surface area contributed by atoms with Crippen LogP contribution in [-0.4, -0.2) is 9.78 Å². The Morgan fingerprint density at radius 2 is 2.00 bits per heavy atom. The second-order valence-electron chi connectivity index (χ2n) is 4.41. The second kappa shape index (κ2) is 5.05. The summed E-state index contributed by atoms with van der Waals surface area (Å²) < 4.78 is 7.21. The van der Waals surface area contributed by atoms with Crippen molar-refractivity contribution in [2.24, 2.45) is 0 Å². The van der Waals surface area contributed by atoms with E-state index in [0.717, 1.165) is 22.6 Å². The summed E-state index contributed by atoms with van der Waals surface area (Å²) in [6, 6.07) is 12.1. The van der Waals surface area contributed by atoms with Gasteiger partial charge in [-0.3, -0.25) is 0 Å². The van der Waals surface area contributed by atoms with Crippen LogP contribution < -0.4 is 0 Å². The summed E-state index contributed by atoms with van der Waals surface area (Å²) in [6.07, 6.45) is 5.67. The fourth-order valence-corrected chi connectivity index (χ4v) is 2.46. The predicted molar refractivity (Wildman–Crippen MR) is 77.8 cm³/mol. The lowest BCUT2D eigenvalue weighted by molar-refractivity contribution is 0.532. The van der Waals surface area contributed by atoms with E-state index in [1.54, 1.807) is 6.26 Å². The van der Waals surface area contributed by atoms with Gasteiger partial charge in [0.25, 0.3) is 0 Å². The van der Waals surface area contributed by atoms with Crippen molar-refractivity contribution in [3.05, 3.63) is 71.9 Å². The van der Waals surface area contributed by atoms with E-state index in [-0.39, 0.29) is 4.83 Å². The Morgan fingerprint density at radius 1 is 1.21 bits per heavy atom. The van der Waals surface area contributed by atoms with Crippen LogP contribution in [0.5, 0.6) is 0 Å². The zero-order valence-electron chi connectivity index (χ0n) is 10.5. The highest BCUT2D eigenvalue weighted by atomic mass is 79.9. The van der Waals surface area contributed by atoms with Gasteiger partial charge in [-0.05, 0) is 25.1 Å². The van der Waals surface area contributed by atoms with Crippen LogP contribution in [0.4, 0.5) is 0 Å². The number of hydrogen-bond donors (Lipinski definition) is 0. The fourth-order valence-electron chi connectivity index (χ4n) is 1.98. The standard InChI is InChI=1S/C15H13BrN2O/c1-11-7-12(10-19-11)15(16)13-8-17-18(9-13)14-5-3-2-4-6-14/h2-10,15H,1H3. The summed E-state index contributed by atoms with van der Waals surface area (Å²) in [4.78, 5) is 0.0995. The number of aromatic nitrogens is 2. The quantitative estimate of drug-likeness (QED) is 0.676. The number of rotatable bonds is 3. The van der Waals surface area contributed by atoms with Crippen LogP contribution in [0.2, 0.25) is 0 Å². The molecule has 1 atom stereocenters. The molecule has 0 spiro atoms. The number of para-hydroxylation sites is 1. The Hall–Kier alpha value is -1.81. The van der Waals surface area contributed by atoms with E-state index in [1.165, 1.54) is 0 Å². The molecule has 2 heterocycles. The second-order valence-corrected chi connectivity index (χ2v) is 5.32. The van der Waals surface area contributed by atoms with Gasteiger partial charge in [0.2, 0.25) is 0 Å². The topological polar surface area (TPSA) is 31.0 Å². The van der Waals surface area contributed by atoms with E-state index in [4.69, 9.17) is 4.42 Å². The first kappa shape index (κ1) is 12.2. The molecule has 0 saturated heterocycles. The number of aryl methyl sites for hydroxylation is 1. The van der Waals surface area contributed by atoms with Gasteiger partial charge in [-0.1, -0.05) is 34.1 Å². The van der Waals surface area contributed by atoms with Crippen molar-refractivity contribution < 1.29 is 4.42 Å². The molecule has 3 rings (SSSR count). The molecule has 3 aromatic rings. The minimum Gasteiger partial charge on any atom is -0.469 e. The molecule has 0 amide bonds. The first-order valence-electron chi connectivity index (χ1n) is 6.03.